The van der Waals surface area contributed by atoms with Crippen LogP contribution in [0.25, 0.3) is 0 Å². The van der Waals surface area contributed by atoms with Crippen LogP contribution in [-0.4, -0.2) is 19.7 Å². The fraction of sp³-hybridized carbons (Fsp3) is 0.571. The lowest BCUT2D eigenvalue weighted by molar-refractivity contribution is 0.303. The molecule has 0 saturated heterocycles. The summed E-state index contributed by atoms with van der Waals surface area (Å²) in [7, 11) is 0. The van der Waals surface area contributed by atoms with Gasteiger partial charge in [-0.15, -0.1) is 0 Å². The Bertz CT molecular complexity index is 286. The van der Waals surface area contributed by atoms with Crippen molar-refractivity contribution < 1.29 is 4.74 Å². The molecular weight excluding hydrogens is 198 g/mol. The van der Waals surface area contributed by atoms with E-state index in [0.29, 0.717) is 0 Å². The van der Waals surface area contributed by atoms with Crippen molar-refractivity contribution in [2.24, 2.45) is 0 Å². The van der Waals surface area contributed by atoms with Gasteiger partial charge in [0.2, 0.25) is 0 Å². The molecule has 0 bridgehead atoms. The van der Waals surface area contributed by atoms with Gasteiger partial charge in [-0.2, -0.15) is 0 Å². The highest BCUT2D eigenvalue weighted by Crippen LogP contribution is 2.16. The summed E-state index contributed by atoms with van der Waals surface area (Å²) in [6.07, 6.45) is 3.61. The van der Waals surface area contributed by atoms with Crippen LogP contribution in [0.15, 0.2) is 24.3 Å². The van der Waals surface area contributed by atoms with E-state index in [1.54, 1.807) is 0 Å². The normalized spacial score (nSPS) is 10.4. The number of hydrogen-bond acceptors (Lipinski definition) is 2. The summed E-state index contributed by atoms with van der Waals surface area (Å²) in [6, 6.07) is 8.18. The van der Waals surface area contributed by atoms with E-state index in [4.69, 9.17) is 4.74 Å². The zero-order chi connectivity index (χ0) is 11.6. The maximum atomic E-state index is 5.72. The molecule has 0 atom stereocenters. The van der Waals surface area contributed by atoms with Crippen molar-refractivity contribution >= 4 is 0 Å². The molecule has 2 nitrogen and oxygen atoms in total. The molecule has 2 heteroatoms. The van der Waals surface area contributed by atoms with Crippen LogP contribution in [0.5, 0.6) is 5.75 Å². The van der Waals surface area contributed by atoms with Crippen LogP contribution in [0, 0.1) is 6.92 Å². The molecule has 1 aromatic rings. The third-order valence-electron chi connectivity index (χ3n) is 2.60. The second kappa shape index (κ2) is 8.17. The van der Waals surface area contributed by atoms with Gasteiger partial charge < -0.3 is 10.1 Å². The Morgan fingerprint density at radius 2 is 1.94 bits per heavy atom. The lowest BCUT2D eigenvalue weighted by Gasteiger charge is -2.08. The summed E-state index contributed by atoms with van der Waals surface area (Å²) < 4.78 is 5.72. The van der Waals surface area contributed by atoms with Gasteiger partial charge in [0.1, 0.15) is 5.75 Å². The SMILES string of the molecule is CCNCCCCCOc1ccccc1C. The number of unbranched alkanes of at least 4 members (excludes halogenated alkanes) is 2. The molecule has 16 heavy (non-hydrogen) atoms. The first-order valence-electron chi connectivity index (χ1n) is 6.23. The van der Waals surface area contributed by atoms with Crippen molar-refractivity contribution in [3.63, 3.8) is 0 Å². The third-order valence-corrected chi connectivity index (χ3v) is 2.60. The van der Waals surface area contributed by atoms with Crippen molar-refractivity contribution in [2.45, 2.75) is 33.1 Å². The average Bonchev–Trinajstić information content (AvgIpc) is 2.30. The van der Waals surface area contributed by atoms with Crippen LogP contribution in [0.4, 0.5) is 0 Å². The minimum absolute atomic E-state index is 0.830. The first kappa shape index (κ1) is 13.0. The molecule has 0 radical (unpaired) electrons. The Labute approximate surface area is 99.0 Å². The van der Waals surface area contributed by atoms with Crippen LogP contribution in [0.1, 0.15) is 31.7 Å². The van der Waals surface area contributed by atoms with Gasteiger partial charge in [-0.05, 0) is 50.9 Å². The van der Waals surface area contributed by atoms with Crippen LogP contribution in [0.2, 0.25) is 0 Å². The molecule has 0 aliphatic heterocycles. The van der Waals surface area contributed by atoms with E-state index >= 15 is 0 Å². The molecular formula is C14H23NO. The van der Waals surface area contributed by atoms with Crippen LogP contribution in [0.3, 0.4) is 0 Å². The molecule has 0 fully saturated rings. The molecule has 0 saturated carbocycles. The van der Waals surface area contributed by atoms with Crippen molar-refractivity contribution in [1.29, 1.82) is 0 Å². The predicted octanol–water partition coefficient (Wildman–Crippen LogP) is 3.15. The van der Waals surface area contributed by atoms with E-state index in [9.17, 15) is 0 Å². The first-order valence-corrected chi connectivity index (χ1v) is 6.23. The molecule has 1 N–H and O–H groups in total. The standard InChI is InChI=1S/C14H23NO/c1-3-15-11-7-4-8-12-16-14-10-6-5-9-13(14)2/h5-6,9-10,15H,3-4,7-8,11-12H2,1-2H3. The van der Waals surface area contributed by atoms with E-state index < -0.39 is 0 Å². The summed E-state index contributed by atoms with van der Waals surface area (Å²) in [6.45, 7) is 7.25. The van der Waals surface area contributed by atoms with Gasteiger partial charge in [0.25, 0.3) is 0 Å². The highest BCUT2D eigenvalue weighted by atomic mass is 16.5. The topological polar surface area (TPSA) is 21.3 Å². The van der Waals surface area contributed by atoms with Crippen LogP contribution in [-0.2, 0) is 0 Å². The van der Waals surface area contributed by atoms with E-state index in [2.05, 4.69) is 25.2 Å². The molecule has 90 valence electrons. The Balaban J connectivity index is 2.05. The summed E-state index contributed by atoms with van der Waals surface area (Å²) in [5.74, 6) is 1.02. The minimum atomic E-state index is 0.830. The zero-order valence-corrected chi connectivity index (χ0v) is 10.5. The van der Waals surface area contributed by atoms with Crippen molar-refractivity contribution in [2.75, 3.05) is 19.7 Å². The zero-order valence-electron chi connectivity index (χ0n) is 10.5. The van der Waals surface area contributed by atoms with E-state index in [-0.39, 0.29) is 0 Å². The van der Waals surface area contributed by atoms with Gasteiger partial charge in [-0.1, -0.05) is 25.1 Å². The van der Waals surface area contributed by atoms with Crippen molar-refractivity contribution in [1.82, 2.24) is 5.32 Å². The molecule has 0 spiro atoms. The average molecular weight is 221 g/mol. The van der Waals surface area contributed by atoms with Crippen molar-refractivity contribution in [3.05, 3.63) is 29.8 Å². The summed E-state index contributed by atoms with van der Waals surface area (Å²) in [5.41, 5.74) is 1.22. The fourth-order valence-electron chi connectivity index (χ4n) is 1.61. The maximum Gasteiger partial charge on any atom is 0.122 e. The minimum Gasteiger partial charge on any atom is -0.493 e. The maximum absolute atomic E-state index is 5.72. The summed E-state index contributed by atoms with van der Waals surface area (Å²) in [4.78, 5) is 0. The smallest absolute Gasteiger partial charge is 0.122 e. The lowest BCUT2D eigenvalue weighted by Crippen LogP contribution is -2.14. The summed E-state index contributed by atoms with van der Waals surface area (Å²) in [5, 5.41) is 3.33. The fourth-order valence-corrected chi connectivity index (χ4v) is 1.61. The third kappa shape index (κ3) is 5.17. The lowest BCUT2D eigenvalue weighted by atomic mass is 10.2. The number of rotatable bonds is 8. The molecule has 0 aliphatic carbocycles. The Morgan fingerprint density at radius 3 is 2.69 bits per heavy atom. The molecule has 0 heterocycles. The van der Waals surface area contributed by atoms with Crippen LogP contribution < -0.4 is 10.1 Å². The predicted molar refractivity (Wildman–Crippen MR) is 69.1 cm³/mol. The molecule has 0 unspecified atom stereocenters. The van der Waals surface area contributed by atoms with Crippen LogP contribution >= 0.6 is 0 Å². The molecule has 0 amide bonds. The monoisotopic (exact) mass is 221 g/mol. The van der Waals surface area contributed by atoms with Gasteiger partial charge in [0, 0.05) is 0 Å². The second-order valence-corrected chi connectivity index (χ2v) is 4.03. The largest absolute Gasteiger partial charge is 0.493 e. The highest BCUT2D eigenvalue weighted by molar-refractivity contribution is 5.31. The Hall–Kier alpha value is -1.02. The Kier molecular flexibility index (Phi) is 6.66. The molecule has 1 rings (SSSR count). The first-order chi connectivity index (χ1) is 7.84. The van der Waals surface area contributed by atoms with E-state index in [1.807, 2.05) is 18.2 Å². The van der Waals surface area contributed by atoms with Crippen molar-refractivity contribution in [3.8, 4) is 5.75 Å². The second-order valence-electron chi connectivity index (χ2n) is 4.03. The summed E-state index contributed by atoms with van der Waals surface area (Å²) >= 11 is 0. The van der Waals surface area contributed by atoms with Gasteiger partial charge in [-0.3, -0.25) is 0 Å². The van der Waals surface area contributed by atoms with Gasteiger partial charge in [0.15, 0.2) is 0 Å². The quantitative estimate of drug-likeness (QED) is 0.681. The molecule has 0 aliphatic rings. The Morgan fingerprint density at radius 1 is 1.12 bits per heavy atom. The van der Waals surface area contributed by atoms with E-state index in [1.165, 1.54) is 18.4 Å². The number of aryl methyl sites for hydroxylation is 1. The number of nitrogens with one attached hydrogen (secondary N) is 1. The number of hydrogen-bond donors (Lipinski definition) is 1. The molecule has 0 aromatic heterocycles. The van der Waals surface area contributed by atoms with E-state index in [0.717, 1.165) is 31.9 Å². The molecule has 1 aromatic carbocycles. The van der Waals surface area contributed by atoms with Gasteiger partial charge in [-0.25, -0.2) is 0 Å². The highest BCUT2D eigenvalue weighted by Gasteiger charge is 1.96. The number of para-hydroxylation sites is 1. The number of benzene rings is 1. The van der Waals surface area contributed by atoms with Gasteiger partial charge in [0.05, 0.1) is 6.61 Å². The van der Waals surface area contributed by atoms with Gasteiger partial charge >= 0.3 is 0 Å². The number of ether oxygens (including phenoxy) is 1.